The van der Waals surface area contributed by atoms with Gasteiger partial charge in [0.05, 0.1) is 39.8 Å². The van der Waals surface area contributed by atoms with Crippen LogP contribution in [0.25, 0.3) is 38.9 Å². The van der Waals surface area contributed by atoms with Crippen molar-refractivity contribution in [1.29, 1.82) is 0 Å². The molecule has 0 unspecified atom stereocenters. The van der Waals surface area contributed by atoms with Crippen LogP contribution in [0.15, 0.2) is 55.1 Å². The molecule has 5 aromatic rings. The second-order valence-corrected chi connectivity index (χ2v) is 8.45. The molecule has 0 aliphatic carbocycles. The molecule has 0 atom stereocenters. The minimum absolute atomic E-state index is 0.210. The first-order chi connectivity index (χ1) is 15.0. The van der Waals surface area contributed by atoms with Crippen LogP contribution in [0.3, 0.4) is 0 Å². The molecule has 0 radical (unpaired) electrons. The van der Waals surface area contributed by atoms with Gasteiger partial charge in [-0.05, 0) is 38.1 Å². The van der Waals surface area contributed by atoms with Crippen molar-refractivity contribution < 1.29 is 5.11 Å². The smallest absolute Gasteiger partial charge is 0.147 e. The molecule has 8 heteroatoms. The lowest BCUT2D eigenvalue weighted by atomic mass is 10.1. The summed E-state index contributed by atoms with van der Waals surface area (Å²) in [6.07, 6.45) is 7.53. The van der Waals surface area contributed by atoms with Crippen LogP contribution in [-0.4, -0.2) is 29.3 Å². The average Bonchev–Trinajstić information content (AvgIpc) is 3.38. The maximum atomic E-state index is 10.1. The number of aromatic nitrogens is 5. The highest BCUT2D eigenvalue weighted by Crippen LogP contribution is 2.37. The van der Waals surface area contributed by atoms with Crippen LogP contribution in [0, 0.1) is 0 Å². The Labute approximate surface area is 188 Å². The summed E-state index contributed by atoms with van der Waals surface area (Å²) in [7, 11) is 0. The number of hydrogen-bond donors (Lipinski definition) is 1. The van der Waals surface area contributed by atoms with E-state index in [9.17, 15) is 5.11 Å². The number of imidazole rings is 1. The van der Waals surface area contributed by atoms with Crippen LogP contribution in [0.2, 0.25) is 10.0 Å². The van der Waals surface area contributed by atoms with Gasteiger partial charge in [-0.3, -0.25) is 9.67 Å². The maximum absolute atomic E-state index is 10.1. The van der Waals surface area contributed by atoms with E-state index in [0.29, 0.717) is 32.6 Å². The quantitative estimate of drug-likeness (QED) is 0.375. The van der Waals surface area contributed by atoms with Gasteiger partial charge in [-0.1, -0.05) is 29.3 Å². The van der Waals surface area contributed by atoms with Crippen molar-refractivity contribution >= 4 is 39.8 Å². The standard InChI is InChI=1S/C23H19Cl2N5O/c1-13(2)30-11-15(10-27-30)14-8-16-19(26-9-14)6-7-29-20(12-31)22(28-23(16)29)21-17(24)4-3-5-18(21)25/h3-11,13,31H,12H2,1-2H3. The molecule has 1 N–H and O–H groups in total. The predicted molar refractivity (Wildman–Crippen MR) is 123 cm³/mol. The zero-order valence-electron chi connectivity index (χ0n) is 16.9. The first-order valence-electron chi connectivity index (χ1n) is 9.87. The van der Waals surface area contributed by atoms with Crippen LogP contribution < -0.4 is 0 Å². The summed E-state index contributed by atoms with van der Waals surface area (Å²) in [5.41, 5.74) is 5.19. The van der Waals surface area contributed by atoms with Gasteiger partial charge < -0.3 is 9.51 Å². The number of aliphatic hydroxyl groups excluding tert-OH is 1. The topological polar surface area (TPSA) is 68.2 Å². The van der Waals surface area contributed by atoms with Crippen molar-refractivity contribution in [3.8, 4) is 22.4 Å². The summed E-state index contributed by atoms with van der Waals surface area (Å²) < 4.78 is 3.78. The fourth-order valence-electron chi connectivity index (χ4n) is 3.75. The van der Waals surface area contributed by atoms with E-state index >= 15 is 0 Å². The normalized spacial score (nSPS) is 11.8. The van der Waals surface area contributed by atoms with Gasteiger partial charge in [0.1, 0.15) is 5.65 Å². The fraction of sp³-hybridized carbons (Fsp3) is 0.174. The number of halogens is 2. The summed E-state index contributed by atoms with van der Waals surface area (Å²) in [4.78, 5) is 9.47. The van der Waals surface area contributed by atoms with E-state index in [2.05, 4.69) is 23.9 Å². The Morgan fingerprint density at radius 2 is 1.84 bits per heavy atom. The van der Waals surface area contributed by atoms with Crippen LogP contribution in [0.4, 0.5) is 0 Å². The Morgan fingerprint density at radius 1 is 1.06 bits per heavy atom. The van der Waals surface area contributed by atoms with E-state index in [1.807, 2.05) is 46.0 Å². The molecule has 0 aliphatic heterocycles. The number of fused-ring (bicyclic) bond motifs is 3. The first-order valence-corrected chi connectivity index (χ1v) is 10.6. The lowest BCUT2D eigenvalue weighted by Crippen LogP contribution is -1.99. The number of hydrogen-bond acceptors (Lipinski definition) is 4. The number of rotatable bonds is 4. The molecule has 0 saturated carbocycles. The van der Waals surface area contributed by atoms with Crippen molar-refractivity contribution in [2.24, 2.45) is 0 Å². The Hall–Kier alpha value is -2.93. The molecule has 0 bridgehead atoms. The summed E-state index contributed by atoms with van der Waals surface area (Å²) in [5, 5.41) is 16.4. The van der Waals surface area contributed by atoms with Crippen LogP contribution in [0.5, 0.6) is 0 Å². The highest BCUT2D eigenvalue weighted by molar-refractivity contribution is 6.39. The molecule has 5 rings (SSSR count). The second-order valence-electron chi connectivity index (χ2n) is 7.63. The molecule has 0 amide bonds. The first kappa shape index (κ1) is 20.0. The molecule has 0 aliphatic rings. The molecule has 6 nitrogen and oxygen atoms in total. The van der Waals surface area contributed by atoms with E-state index in [1.54, 1.807) is 18.2 Å². The van der Waals surface area contributed by atoms with E-state index in [0.717, 1.165) is 22.0 Å². The van der Waals surface area contributed by atoms with Crippen LogP contribution in [-0.2, 0) is 6.61 Å². The van der Waals surface area contributed by atoms with Crippen molar-refractivity contribution in [2.75, 3.05) is 0 Å². The largest absolute Gasteiger partial charge is 0.390 e. The van der Waals surface area contributed by atoms with E-state index in [-0.39, 0.29) is 12.6 Å². The molecular formula is C23H19Cl2N5O. The van der Waals surface area contributed by atoms with Gasteiger partial charge in [0.25, 0.3) is 0 Å². The highest BCUT2D eigenvalue weighted by Gasteiger charge is 2.20. The molecule has 31 heavy (non-hydrogen) atoms. The summed E-state index contributed by atoms with van der Waals surface area (Å²) >= 11 is 12.9. The predicted octanol–water partition coefficient (Wildman–Crippen LogP) is 5.79. The molecule has 0 fully saturated rings. The van der Waals surface area contributed by atoms with Crippen molar-refractivity contribution in [2.45, 2.75) is 26.5 Å². The molecular weight excluding hydrogens is 433 g/mol. The average molecular weight is 452 g/mol. The van der Waals surface area contributed by atoms with E-state index in [1.165, 1.54) is 0 Å². The monoisotopic (exact) mass is 451 g/mol. The molecule has 0 spiro atoms. The summed E-state index contributed by atoms with van der Waals surface area (Å²) in [5.74, 6) is 0. The third-order valence-electron chi connectivity index (χ3n) is 5.36. The van der Waals surface area contributed by atoms with Crippen LogP contribution >= 0.6 is 23.2 Å². The van der Waals surface area contributed by atoms with Crippen LogP contribution in [0.1, 0.15) is 25.6 Å². The minimum atomic E-state index is -0.210. The summed E-state index contributed by atoms with van der Waals surface area (Å²) in [6, 6.07) is 9.53. The summed E-state index contributed by atoms with van der Waals surface area (Å²) in [6.45, 7) is 3.96. The van der Waals surface area contributed by atoms with Crippen molar-refractivity contribution in [3.05, 3.63) is 70.9 Å². The highest BCUT2D eigenvalue weighted by atomic mass is 35.5. The molecule has 1 aromatic carbocycles. The molecule has 0 saturated heterocycles. The minimum Gasteiger partial charge on any atom is -0.390 e. The van der Waals surface area contributed by atoms with Gasteiger partial charge >= 0.3 is 0 Å². The van der Waals surface area contributed by atoms with Gasteiger partial charge in [-0.2, -0.15) is 5.10 Å². The third kappa shape index (κ3) is 3.28. The van der Waals surface area contributed by atoms with Gasteiger partial charge in [0, 0.05) is 46.7 Å². The molecule has 4 heterocycles. The zero-order chi connectivity index (χ0) is 21.7. The lowest BCUT2D eigenvalue weighted by Gasteiger charge is -2.06. The van der Waals surface area contributed by atoms with Crippen molar-refractivity contribution in [1.82, 2.24) is 24.1 Å². The van der Waals surface area contributed by atoms with E-state index in [4.69, 9.17) is 28.2 Å². The number of benzene rings is 1. The number of aliphatic hydroxyl groups is 1. The maximum Gasteiger partial charge on any atom is 0.147 e. The Kier molecular flexibility index (Phi) is 4.93. The second kappa shape index (κ2) is 7.64. The Bertz CT molecular complexity index is 1420. The zero-order valence-corrected chi connectivity index (χ0v) is 18.4. The van der Waals surface area contributed by atoms with E-state index < -0.39 is 0 Å². The Balaban J connectivity index is 1.76. The lowest BCUT2D eigenvalue weighted by molar-refractivity contribution is 0.276. The van der Waals surface area contributed by atoms with Gasteiger partial charge in [-0.25, -0.2) is 4.98 Å². The number of pyridine rings is 2. The molecule has 156 valence electrons. The van der Waals surface area contributed by atoms with Gasteiger partial charge in [0.2, 0.25) is 0 Å². The Morgan fingerprint density at radius 3 is 2.52 bits per heavy atom. The van der Waals surface area contributed by atoms with Crippen molar-refractivity contribution in [3.63, 3.8) is 0 Å². The third-order valence-corrected chi connectivity index (χ3v) is 5.99. The number of nitrogens with zero attached hydrogens (tertiary/aromatic N) is 5. The fourth-order valence-corrected chi connectivity index (χ4v) is 4.33. The SMILES string of the molecule is CC(C)n1cc(-c2cnc3ccn4c(CO)c(-c5c(Cl)cccc5Cl)nc4c3c2)cn1. The van der Waals surface area contributed by atoms with Gasteiger partial charge in [0.15, 0.2) is 0 Å². The molecule has 4 aromatic heterocycles. The van der Waals surface area contributed by atoms with Gasteiger partial charge in [-0.15, -0.1) is 0 Å².